The first-order valence-electron chi connectivity index (χ1n) is 4.25. The lowest BCUT2D eigenvalue weighted by Gasteiger charge is -2.14. The molecule has 3 atom stereocenters. The molecule has 0 unspecified atom stereocenters. The van der Waals surface area contributed by atoms with Crippen LogP contribution in [0.15, 0.2) is 11.0 Å². The summed E-state index contributed by atoms with van der Waals surface area (Å²) >= 11 is 1.70. The van der Waals surface area contributed by atoms with Gasteiger partial charge in [0, 0.05) is 4.91 Å². The van der Waals surface area contributed by atoms with E-state index < -0.39 is 0 Å². The first-order valence-corrected chi connectivity index (χ1v) is 5.47. The average Bonchev–Trinajstić information content (AvgIpc) is 2.74. The molecule has 0 aromatic rings. The lowest BCUT2D eigenvalue weighted by Crippen LogP contribution is -2.24. The molecular formula is C9H12O3S. The second-order valence-corrected chi connectivity index (χ2v) is 4.11. The van der Waals surface area contributed by atoms with Crippen molar-refractivity contribution in [2.45, 2.75) is 18.6 Å². The zero-order valence-corrected chi connectivity index (χ0v) is 8.47. The molecule has 0 aromatic heterocycles. The Bertz CT molecular complexity index is 262. The molecule has 0 aliphatic carbocycles. The predicted octanol–water partition coefficient (Wildman–Crippen LogP) is 1.19. The van der Waals surface area contributed by atoms with Gasteiger partial charge >= 0.3 is 5.97 Å². The highest BCUT2D eigenvalue weighted by Gasteiger charge is 2.45. The van der Waals surface area contributed by atoms with Crippen molar-refractivity contribution < 1.29 is 14.3 Å². The van der Waals surface area contributed by atoms with Crippen molar-refractivity contribution in [1.29, 1.82) is 0 Å². The van der Waals surface area contributed by atoms with Crippen LogP contribution in [-0.4, -0.2) is 31.5 Å². The van der Waals surface area contributed by atoms with Crippen LogP contribution in [0.25, 0.3) is 0 Å². The summed E-state index contributed by atoms with van der Waals surface area (Å²) in [5, 5.41) is 0. The van der Waals surface area contributed by atoms with Gasteiger partial charge in [-0.15, -0.1) is 11.8 Å². The van der Waals surface area contributed by atoms with E-state index in [-0.39, 0.29) is 24.1 Å². The van der Waals surface area contributed by atoms with E-state index in [1.165, 1.54) is 12.0 Å². The monoisotopic (exact) mass is 200 g/mol. The van der Waals surface area contributed by atoms with Crippen LogP contribution >= 0.6 is 11.8 Å². The van der Waals surface area contributed by atoms with Crippen LogP contribution in [-0.2, 0) is 14.3 Å². The van der Waals surface area contributed by atoms with E-state index in [0.717, 1.165) is 6.42 Å². The molecule has 72 valence electrons. The summed E-state index contributed by atoms with van der Waals surface area (Å²) in [6.07, 6.45) is 4.96. The van der Waals surface area contributed by atoms with Crippen LogP contribution in [0, 0.1) is 5.92 Å². The highest BCUT2D eigenvalue weighted by Crippen LogP contribution is 2.42. The molecule has 0 aromatic carbocycles. The molecule has 2 aliphatic heterocycles. The SMILES string of the molecule is COC(=O)[C@H]1C[C@@H]2O[C@H]1C=C2SC. The zero-order chi connectivity index (χ0) is 9.42. The van der Waals surface area contributed by atoms with E-state index in [0.29, 0.717) is 0 Å². The van der Waals surface area contributed by atoms with Crippen molar-refractivity contribution in [3.63, 3.8) is 0 Å². The third-order valence-electron chi connectivity index (χ3n) is 2.57. The van der Waals surface area contributed by atoms with Gasteiger partial charge in [-0.05, 0) is 18.8 Å². The highest BCUT2D eigenvalue weighted by atomic mass is 32.2. The van der Waals surface area contributed by atoms with E-state index in [9.17, 15) is 4.79 Å². The number of carbonyl (C=O) groups excluding carboxylic acids is 1. The van der Waals surface area contributed by atoms with E-state index in [2.05, 4.69) is 0 Å². The number of fused-ring (bicyclic) bond motifs is 2. The number of hydrogen-bond donors (Lipinski definition) is 0. The van der Waals surface area contributed by atoms with Crippen molar-refractivity contribution >= 4 is 17.7 Å². The Balaban J connectivity index is 2.09. The number of carbonyl (C=O) groups is 1. The van der Waals surface area contributed by atoms with Gasteiger partial charge in [0.2, 0.25) is 0 Å². The van der Waals surface area contributed by atoms with E-state index in [1.807, 2.05) is 12.3 Å². The Morgan fingerprint density at radius 3 is 3.00 bits per heavy atom. The molecule has 1 fully saturated rings. The first kappa shape index (κ1) is 9.09. The van der Waals surface area contributed by atoms with Gasteiger partial charge in [0.15, 0.2) is 0 Å². The maximum Gasteiger partial charge on any atom is 0.311 e. The van der Waals surface area contributed by atoms with Crippen molar-refractivity contribution in [1.82, 2.24) is 0 Å². The Hall–Kier alpha value is -0.480. The molecule has 2 rings (SSSR count). The predicted molar refractivity (Wildman–Crippen MR) is 50.4 cm³/mol. The van der Waals surface area contributed by atoms with Crippen LogP contribution < -0.4 is 0 Å². The fourth-order valence-electron chi connectivity index (χ4n) is 1.89. The van der Waals surface area contributed by atoms with Gasteiger partial charge in [0.05, 0.1) is 25.2 Å². The van der Waals surface area contributed by atoms with Crippen molar-refractivity contribution in [3.8, 4) is 0 Å². The summed E-state index contributed by atoms with van der Waals surface area (Å²) in [5.74, 6) is -0.227. The number of rotatable bonds is 2. The third kappa shape index (κ3) is 1.38. The van der Waals surface area contributed by atoms with Gasteiger partial charge in [-0.25, -0.2) is 0 Å². The highest BCUT2D eigenvalue weighted by molar-refractivity contribution is 8.02. The smallest absolute Gasteiger partial charge is 0.311 e. The Morgan fingerprint density at radius 1 is 1.77 bits per heavy atom. The Kier molecular flexibility index (Phi) is 2.34. The molecule has 0 N–H and O–H groups in total. The van der Waals surface area contributed by atoms with Gasteiger partial charge in [-0.3, -0.25) is 4.79 Å². The zero-order valence-electron chi connectivity index (χ0n) is 7.65. The first-order chi connectivity index (χ1) is 6.26. The van der Waals surface area contributed by atoms with Crippen molar-refractivity contribution in [3.05, 3.63) is 11.0 Å². The third-order valence-corrected chi connectivity index (χ3v) is 3.44. The summed E-state index contributed by atoms with van der Waals surface area (Å²) in [7, 11) is 1.42. The fourth-order valence-corrected chi connectivity index (χ4v) is 2.58. The van der Waals surface area contributed by atoms with Crippen LogP contribution in [0.3, 0.4) is 0 Å². The lowest BCUT2D eigenvalue weighted by molar-refractivity contribution is -0.146. The maximum atomic E-state index is 11.3. The average molecular weight is 200 g/mol. The molecule has 2 aliphatic rings. The largest absolute Gasteiger partial charge is 0.469 e. The molecular weight excluding hydrogens is 188 g/mol. The number of hydrogen-bond acceptors (Lipinski definition) is 4. The minimum absolute atomic E-state index is 0.0418. The molecule has 0 amide bonds. The van der Waals surface area contributed by atoms with Gasteiger partial charge in [-0.1, -0.05) is 0 Å². The Morgan fingerprint density at radius 2 is 2.54 bits per heavy atom. The normalized spacial score (nSPS) is 36.2. The maximum absolute atomic E-state index is 11.3. The van der Waals surface area contributed by atoms with Gasteiger partial charge in [0.25, 0.3) is 0 Å². The van der Waals surface area contributed by atoms with Gasteiger partial charge < -0.3 is 9.47 Å². The number of methoxy groups -OCH3 is 1. The number of ether oxygens (including phenoxy) is 2. The molecule has 3 nitrogen and oxygen atoms in total. The molecule has 1 saturated heterocycles. The lowest BCUT2D eigenvalue weighted by atomic mass is 9.94. The summed E-state index contributed by atoms with van der Waals surface area (Å²) in [6, 6.07) is 0. The summed E-state index contributed by atoms with van der Waals surface area (Å²) in [6.45, 7) is 0. The minimum Gasteiger partial charge on any atom is -0.469 e. The molecule has 2 heterocycles. The summed E-state index contributed by atoms with van der Waals surface area (Å²) < 4.78 is 10.3. The number of thioether (sulfide) groups is 1. The topological polar surface area (TPSA) is 35.5 Å². The minimum atomic E-state index is -0.149. The number of esters is 1. The van der Waals surface area contributed by atoms with Crippen LogP contribution in [0.2, 0.25) is 0 Å². The fraction of sp³-hybridized carbons (Fsp3) is 0.667. The van der Waals surface area contributed by atoms with Gasteiger partial charge in [-0.2, -0.15) is 0 Å². The summed E-state index contributed by atoms with van der Waals surface area (Å²) in [4.78, 5) is 12.5. The molecule has 0 spiro atoms. The van der Waals surface area contributed by atoms with Crippen LogP contribution in [0.1, 0.15) is 6.42 Å². The molecule has 2 bridgehead atoms. The van der Waals surface area contributed by atoms with Crippen LogP contribution in [0.4, 0.5) is 0 Å². The molecule has 13 heavy (non-hydrogen) atoms. The van der Waals surface area contributed by atoms with E-state index in [4.69, 9.17) is 9.47 Å². The quantitative estimate of drug-likeness (QED) is 0.627. The van der Waals surface area contributed by atoms with E-state index >= 15 is 0 Å². The second-order valence-electron chi connectivity index (χ2n) is 3.23. The standard InChI is InChI=1S/C9H12O3S/c1-11-9(10)5-3-7-8(13-2)4-6(5)12-7/h4-7H,3H2,1-2H3/t5-,6-,7-/m0/s1. The van der Waals surface area contributed by atoms with Gasteiger partial charge in [0.1, 0.15) is 0 Å². The summed E-state index contributed by atoms with van der Waals surface area (Å²) in [5.41, 5.74) is 0. The van der Waals surface area contributed by atoms with Crippen LogP contribution in [0.5, 0.6) is 0 Å². The van der Waals surface area contributed by atoms with E-state index in [1.54, 1.807) is 11.8 Å². The molecule has 4 heteroatoms. The van der Waals surface area contributed by atoms with Crippen molar-refractivity contribution in [2.75, 3.05) is 13.4 Å². The Labute approximate surface area is 81.5 Å². The second kappa shape index (κ2) is 3.35. The molecule has 0 saturated carbocycles. The van der Waals surface area contributed by atoms with Crippen molar-refractivity contribution in [2.24, 2.45) is 5.92 Å². The molecule has 0 radical (unpaired) electrons.